The second-order valence-corrected chi connectivity index (χ2v) is 10.6. The number of methoxy groups -OCH3 is 1. The highest BCUT2D eigenvalue weighted by Gasteiger charge is 2.34. The number of nitrogens with zero attached hydrogens (tertiary/aromatic N) is 1. The number of rotatable bonds is 14. The summed E-state index contributed by atoms with van der Waals surface area (Å²) < 4.78 is 11.3. The first-order chi connectivity index (χ1) is 16.6. The Labute approximate surface area is 210 Å². The van der Waals surface area contributed by atoms with Crippen molar-refractivity contribution in [2.75, 3.05) is 31.7 Å². The number of anilines is 1. The number of nitrogens with one attached hydrogen (secondary N) is 1. The molecule has 0 spiro atoms. The predicted octanol–water partition coefficient (Wildman–Crippen LogP) is 3.25. The minimum absolute atomic E-state index is 0.00136. The van der Waals surface area contributed by atoms with Gasteiger partial charge in [0, 0.05) is 45.1 Å². The monoisotopic (exact) mass is 491 g/mol. The van der Waals surface area contributed by atoms with E-state index in [9.17, 15) is 14.7 Å². The molecule has 35 heavy (non-hydrogen) atoms. The lowest BCUT2D eigenvalue weighted by molar-refractivity contribution is -0.125. The molecule has 0 unspecified atom stereocenters. The first-order valence-electron chi connectivity index (χ1n) is 12.8. The standard InChI is InChI=1S/C27H45N3O5/c1-6-7-13-29-26(33)19(2)15-23(31)21(28)16-27(3,4)17-25(32)30-18-20(12-14-34-5)35-24-11-9-8-10-22(24)30/h8-11,19-21,23,31H,6-7,12-18,28H2,1-5H3,(H,29,33)/t19-,20-,21+,23+/m1/s1. The van der Waals surface area contributed by atoms with Gasteiger partial charge in [0.25, 0.3) is 0 Å². The third-order valence-corrected chi connectivity index (χ3v) is 6.57. The summed E-state index contributed by atoms with van der Waals surface area (Å²) >= 11 is 0. The number of hydrogen-bond acceptors (Lipinski definition) is 6. The van der Waals surface area contributed by atoms with E-state index in [2.05, 4.69) is 12.2 Å². The molecular formula is C27H45N3O5. The SMILES string of the molecule is CCCCNC(=O)[C@H](C)C[C@H](O)[C@@H](N)CC(C)(C)CC(=O)N1C[C@@H](CCOC)Oc2ccccc21. The van der Waals surface area contributed by atoms with Gasteiger partial charge in [-0.05, 0) is 36.8 Å². The quantitative estimate of drug-likeness (QED) is 0.344. The van der Waals surface area contributed by atoms with Gasteiger partial charge >= 0.3 is 0 Å². The van der Waals surface area contributed by atoms with Gasteiger partial charge < -0.3 is 30.5 Å². The maximum absolute atomic E-state index is 13.4. The third-order valence-electron chi connectivity index (χ3n) is 6.57. The molecule has 1 aliphatic heterocycles. The molecule has 198 valence electrons. The zero-order chi connectivity index (χ0) is 26.0. The number of aliphatic hydroxyl groups excluding tert-OH is 1. The number of hydrogen-bond donors (Lipinski definition) is 3. The number of ether oxygens (including phenoxy) is 2. The Bertz CT molecular complexity index is 816. The molecule has 0 aromatic heterocycles. The number of carbonyl (C=O) groups excluding carboxylic acids is 2. The average Bonchev–Trinajstić information content (AvgIpc) is 2.81. The summed E-state index contributed by atoms with van der Waals surface area (Å²) in [5.74, 6) is 0.308. The van der Waals surface area contributed by atoms with Crippen LogP contribution in [0.5, 0.6) is 5.75 Å². The smallest absolute Gasteiger partial charge is 0.227 e. The van der Waals surface area contributed by atoms with Gasteiger partial charge in [-0.1, -0.05) is 46.2 Å². The van der Waals surface area contributed by atoms with Crippen LogP contribution in [0.15, 0.2) is 24.3 Å². The van der Waals surface area contributed by atoms with Crippen LogP contribution in [0.4, 0.5) is 5.69 Å². The van der Waals surface area contributed by atoms with Crippen molar-refractivity contribution in [2.45, 2.75) is 84.5 Å². The van der Waals surface area contributed by atoms with Crippen LogP contribution < -0.4 is 20.7 Å². The molecule has 0 aliphatic carbocycles. The van der Waals surface area contributed by atoms with Crippen LogP contribution in [0.1, 0.15) is 66.2 Å². The van der Waals surface area contributed by atoms with Gasteiger partial charge in [-0.15, -0.1) is 0 Å². The molecule has 1 aromatic rings. The van der Waals surface area contributed by atoms with E-state index in [1.54, 1.807) is 12.0 Å². The van der Waals surface area contributed by atoms with Crippen LogP contribution in [-0.2, 0) is 14.3 Å². The van der Waals surface area contributed by atoms with Crippen LogP contribution >= 0.6 is 0 Å². The Hall–Kier alpha value is -2.16. The normalized spacial score (nSPS) is 18.3. The largest absolute Gasteiger partial charge is 0.486 e. The van der Waals surface area contributed by atoms with Crippen LogP contribution in [0.3, 0.4) is 0 Å². The van der Waals surface area contributed by atoms with Crippen LogP contribution in [0, 0.1) is 11.3 Å². The Morgan fingerprint density at radius 2 is 2.06 bits per heavy atom. The number of unbranched alkanes of at least 4 members (excludes halogenated alkanes) is 1. The molecule has 0 saturated heterocycles. The minimum Gasteiger partial charge on any atom is -0.486 e. The highest BCUT2D eigenvalue weighted by Crippen LogP contribution is 2.36. The maximum atomic E-state index is 13.4. The molecule has 8 nitrogen and oxygen atoms in total. The minimum atomic E-state index is -0.821. The lowest BCUT2D eigenvalue weighted by Crippen LogP contribution is -2.46. The summed E-state index contributed by atoms with van der Waals surface area (Å²) in [6.45, 7) is 9.54. The van der Waals surface area contributed by atoms with Gasteiger partial charge in [0.2, 0.25) is 11.8 Å². The highest BCUT2D eigenvalue weighted by molar-refractivity contribution is 5.95. The molecule has 1 aliphatic rings. The van der Waals surface area contributed by atoms with E-state index in [1.165, 1.54) is 0 Å². The Morgan fingerprint density at radius 1 is 1.34 bits per heavy atom. The van der Waals surface area contributed by atoms with E-state index in [1.807, 2.05) is 45.0 Å². The summed E-state index contributed by atoms with van der Waals surface area (Å²) in [6.07, 6.45) is 2.73. The summed E-state index contributed by atoms with van der Waals surface area (Å²) in [5.41, 5.74) is 6.68. The zero-order valence-corrected chi connectivity index (χ0v) is 22.1. The fourth-order valence-electron chi connectivity index (χ4n) is 4.49. The van der Waals surface area contributed by atoms with Crippen LogP contribution in [0.25, 0.3) is 0 Å². The molecule has 4 atom stereocenters. The maximum Gasteiger partial charge on any atom is 0.227 e. The van der Waals surface area contributed by atoms with E-state index in [-0.39, 0.29) is 30.3 Å². The summed E-state index contributed by atoms with van der Waals surface area (Å²) in [5, 5.41) is 13.6. The molecule has 0 fully saturated rings. The van der Waals surface area contributed by atoms with Crippen molar-refractivity contribution in [3.8, 4) is 5.75 Å². The Kier molecular flexibility index (Phi) is 11.5. The molecule has 2 amide bonds. The highest BCUT2D eigenvalue weighted by atomic mass is 16.5. The Balaban J connectivity index is 1.96. The van der Waals surface area contributed by atoms with Gasteiger partial charge in [-0.2, -0.15) is 0 Å². The number of carbonyl (C=O) groups is 2. The molecule has 1 aromatic carbocycles. The molecule has 2 rings (SSSR count). The summed E-state index contributed by atoms with van der Waals surface area (Å²) in [7, 11) is 1.65. The molecule has 8 heteroatoms. The predicted molar refractivity (Wildman–Crippen MR) is 138 cm³/mol. The van der Waals surface area contributed by atoms with Crippen molar-refractivity contribution in [3.63, 3.8) is 0 Å². The van der Waals surface area contributed by atoms with Crippen LogP contribution in [0.2, 0.25) is 0 Å². The van der Waals surface area contributed by atoms with E-state index < -0.39 is 17.6 Å². The zero-order valence-electron chi connectivity index (χ0n) is 22.1. The van der Waals surface area contributed by atoms with Crippen molar-refractivity contribution in [3.05, 3.63) is 24.3 Å². The molecule has 0 radical (unpaired) electrons. The van der Waals surface area contributed by atoms with Gasteiger partial charge in [0.1, 0.15) is 11.9 Å². The first-order valence-corrected chi connectivity index (χ1v) is 12.8. The second kappa shape index (κ2) is 13.8. The summed E-state index contributed by atoms with van der Waals surface area (Å²) in [4.78, 5) is 27.5. The van der Waals surface area contributed by atoms with Crippen molar-refractivity contribution in [2.24, 2.45) is 17.1 Å². The number of para-hydroxylation sites is 2. The van der Waals surface area contributed by atoms with Crippen molar-refractivity contribution >= 4 is 17.5 Å². The number of aliphatic hydroxyl groups is 1. The molecule has 4 N–H and O–H groups in total. The second-order valence-electron chi connectivity index (χ2n) is 10.6. The van der Waals surface area contributed by atoms with Crippen molar-refractivity contribution < 1.29 is 24.2 Å². The fraction of sp³-hybridized carbons (Fsp3) is 0.704. The van der Waals surface area contributed by atoms with Gasteiger partial charge in [-0.3, -0.25) is 9.59 Å². The fourth-order valence-corrected chi connectivity index (χ4v) is 4.49. The number of amides is 2. The van der Waals surface area contributed by atoms with Crippen LogP contribution in [-0.4, -0.2) is 62.0 Å². The van der Waals surface area contributed by atoms with Gasteiger partial charge in [0.05, 0.1) is 18.3 Å². The molecular weight excluding hydrogens is 446 g/mol. The van der Waals surface area contributed by atoms with E-state index >= 15 is 0 Å². The number of benzene rings is 1. The van der Waals surface area contributed by atoms with Crippen molar-refractivity contribution in [1.82, 2.24) is 5.32 Å². The van der Waals surface area contributed by atoms with E-state index in [0.717, 1.165) is 18.5 Å². The molecule has 0 saturated carbocycles. The topological polar surface area (TPSA) is 114 Å². The molecule has 0 bridgehead atoms. The number of nitrogens with two attached hydrogens (primary N) is 1. The first kappa shape index (κ1) is 29.1. The molecule has 1 heterocycles. The van der Waals surface area contributed by atoms with Crippen molar-refractivity contribution in [1.29, 1.82) is 0 Å². The lowest BCUT2D eigenvalue weighted by atomic mass is 9.80. The van der Waals surface area contributed by atoms with Gasteiger partial charge in [0.15, 0.2) is 0 Å². The average molecular weight is 492 g/mol. The third kappa shape index (κ3) is 9.09. The number of fused-ring (bicyclic) bond motifs is 1. The van der Waals surface area contributed by atoms with E-state index in [4.69, 9.17) is 15.2 Å². The van der Waals surface area contributed by atoms with E-state index in [0.29, 0.717) is 44.7 Å². The Morgan fingerprint density at radius 3 is 2.74 bits per heavy atom. The summed E-state index contributed by atoms with van der Waals surface area (Å²) in [6, 6.07) is 7.04. The van der Waals surface area contributed by atoms with Gasteiger partial charge in [-0.25, -0.2) is 0 Å². The lowest BCUT2D eigenvalue weighted by Gasteiger charge is -2.37.